The number of alkyl halides is 3. The first-order valence-corrected chi connectivity index (χ1v) is 11.2. The highest BCUT2D eigenvalue weighted by atomic mass is 32.2. The number of nitrogens with zero attached hydrogens (tertiary/aromatic N) is 2. The maximum absolute atomic E-state index is 14.4. The van der Waals surface area contributed by atoms with Gasteiger partial charge in [0.2, 0.25) is 0 Å². The molecule has 2 aromatic carbocycles. The van der Waals surface area contributed by atoms with E-state index in [1.165, 1.54) is 0 Å². The molecule has 4 nitrogen and oxygen atoms in total. The lowest BCUT2D eigenvalue weighted by Crippen LogP contribution is -2.59. The number of nitrogens with one attached hydrogen (secondary N) is 1. The largest absolute Gasteiger partial charge is 0.419 e. The van der Waals surface area contributed by atoms with Gasteiger partial charge in [-0.05, 0) is 60.3 Å². The smallest absolute Gasteiger partial charge is 0.379 e. The van der Waals surface area contributed by atoms with Gasteiger partial charge in [0, 0.05) is 22.2 Å². The van der Waals surface area contributed by atoms with Crippen LogP contribution in [0.25, 0.3) is 10.9 Å². The summed E-state index contributed by atoms with van der Waals surface area (Å²) in [4.78, 5) is 9.59. The van der Waals surface area contributed by atoms with E-state index in [2.05, 4.69) is 15.3 Å². The highest BCUT2D eigenvalue weighted by molar-refractivity contribution is 7.99. The van der Waals surface area contributed by atoms with Crippen LogP contribution in [-0.4, -0.2) is 32.6 Å². The monoisotopic (exact) mass is 445 g/mol. The molecule has 0 bridgehead atoms. The Morgan fingerprint density at radius 2 is 1.97 bits per heavy atom. The van der Waals surface area contributed by atoms with Crippen molar-refractivity contribution < 1.29 is 18.3 Å². The Morgan fingerprint density at radius 3 is 2.74 bits per heavy atom. The van der Waals surface area contributed by atoms with Gasteiger partial charge >= 0.3 is 6.18 Å². The zero-order chi connectivity index (χ0) is 22.0. The Kier molecular flexibility index (Phi) is 4.54. The number of rotatable bonds is 2. The van der Waals surface area contributed by atoms with Gasteiger partial charge in [-0.2, -0.15) is 13.2 Å². The van der Waals surface area contributed by atoms with Crippen LogP contribution in [0.1, 0.15) is 42.8 Å². The van der Waals surface area contributed by atoms with E-state index < -0.39 is 23.2 Å². The highest BCUT2D eigenvalue weighted by Crippen LogP contribution is 2.59. The van der Waals surface area contributed by atoms with E-state index in [1.807, 2.05) is 13.0 Å². The van der Waals surface area contributed by atoms with E-state index in [1.54, 1.807) is 55.2 Å². The number of benzene rings is 2. The molecule has 0 amide bonds. The second-order valence-electron chi connectivity index (χ2n) is 8.71. The summed E-state index contributed by atoms with van der Waals surface area (Å²) in [6.45, 7) is 3.61. The fourth-order valence-corrected chi connectivity index (χ4v) is 6.54. The molecule has 1 aromatic heterocycles. The average Bonchev–Trinajstić information content (AvgIpc) is 2.70. The Morgan fingerprint density at radius 1 is 1.19 bits per heavy atom. The number of fused-ring (bicyclic) bond motifs is 1. The Labute approximate surface area is 182 Å². The predicted octanol–water partition coefficient (Wildman–Crippen LogP) is 5.54. The molecule has 1 aliphatic heterocycles. The van der Waals surface area contributed by atoms with Gasteiger partial charge in [0.15, 0.2) is 5.60 Å². The van der Waals surface area contributed by atoms with Gasteiger partial charge in [0.05, 0.1) is 11.6 Å². The summed E-state index contributed by atoms with van der Waals surface area (Å²) in [5, 5.41) is 14.9. The molecule has 2 N–H and O–H groups in total. The third kappa shape index (κ3) is 3.10. The molecule has 5 rings (SSSR count). The summed E-state index contributed by atoms with van der Waals surface area (Å²) in [6.07, 6.45) is -2.99. The third-order valence-electron chi connectivity index (χ3n) is 6.56. The molecule has 0 saturated carbocycles. The summed E-state index contributed by atoms with van der Waals surface area (Å²) < 4.78 is 43.3. The normalized spacial score (nSPS) is 27.7. The number of anilines is 1. The average molecular weight is 446 g/mol. The van der Waals surface area contributed by atoms with Crippen molar-refractivity contribution in [3.63, 3.8) is 0 Å². The molecule has 0 radical (unpaired) electrons. The first kappa shape index (κ1) is 20.6. The minimum atomic E-state index is -4.80. The van der Waals surface area contributed by atoms with Crippen LogP contribution in [-0.2, 0) is 5.41 Å². The Bertz CT molecular complexity index is 1180. The Balaban J connectivity index is 1.71. The van der Waals surface area contributed by atoms with Crippen LogP contribution in [0.4, 0.5) is 18.9 Å². The van der Waals surface area contributed by atoms with Gasteiger partial charge in [-0.1, -0.05) is 25.1 Å². The number of aromatic nitrogens is 2. The molecule has 3 atom stereocenters. The molecule has 2 heterocycles. The maximum Gasteiger partial charge on any atom is 0.419 e. The van der Waals surface area contributed by atoms with Gasteiger partial charge in [0.1, 0.15) is 5.82 Å². The molecule has 2 aliphatic rings. The van der Waals surface area contributed by atoms with Crippen LogP contribution < -0.4 is 5.32 Å². The van der Waals surface area contributed by atoms with E-state index in [0.29, 0.717) is 34.4 Å². The third-order valence-corrected chi connectivity index (χ3v) is 7.62. The predicted molar refractivity (Wildman–Crippen MR) is 115 cm³/mol. The number of halogens is 3. The van der Waals surface area contributed by atoms with Crippen LogP contribution in [0.2, 0.25) is 0 Å². The molecule has 0 fully saturated rings. The van der Waals surface area contributed by atoms with Crippen molar-refractivity contribution in [2.45, 2.75) is 54.8 Å². The van der Waals surface area contributed by atoms with Crippen LogP contribution in [0.5, 0.6) is 0 Å². The molecular weight excluding hydrogens is 423 g/mol. The second-order valence-corrected chi connectivity index (χ2v) is 9.85. The quantitative estimate of drug-likeness (QED) is 0.542. The van der Waals surface area contributed by atoms with Gasteiger partial charge in [-0.25, -0.2) is 9.97 Å². The van der Waals surface area contributed by atoms with Crippen molar-refractivity contribution in [3.05, 3.63) is 59.5 Å². The van der Waals surface area contributed by atoms with Gasteiger partial charge in [0.25, 0.3) is 0 Å². The van der Waals surface area contributed by atoms with E-state index in [0.717, 1.165) is 16.2 Å². The molecule has 1 aliphatic carbocycles. The summed E-state index contributed by atoms with van der Waals surface area (Å²) in [7, 11) is 0. The maximum atomic E-state index is 14.4. The minimum Gasteiger partial charge on any atom is -0.379 e. The van der Waals surface area contributed by atoms with Crippen molar-refractivity contribution in [3.8, 4) is 0 Å². The van der Waals surface area contributed by atoms with E-state index >= 15 is 0 Å². The molecule has 31 heavy (non-hydrogen) atoms. The molecular formula is C23H22F3N3OS. The fourth-order valence-electron chi connectivity index (χ4n) is 5.09. The van der Waals surface area contributed by atoms with Crippen LogP contribution in [0, 0.1) is 6.92 Å². The topological polar surface area (TPSA) is 58.0 Å². The molecule has 0 saturated heterocycles. The fraction of sp³-hybridized carbons (Fsp3) is 0.391. The minimum absolute atomic E-state index is 0.383. The number of aliphatic hydroxyl groups is 1. The number of aryl methyl sites for hydroxylation is 1. The van der Waals surface area contributed by atoms with Crippen molar-refractivity contribution in [1.29, 1.82) is 0 Å². The zero-order valence-corrected chi connectivity index (χ0v) is 17.9. The van der Waals surface area contributed by atoms with Crippen LogP contribution in [0.15, 0.2) is 47.5 Å². The van der Waals surface area contributed by atoms with Crippen molar-refractivity contribution in [2.75, 3.05) is 11.1 Å². The first-order valence-electron chi connectivity index (χ1n) is 10.2. The van der Waals surface area contributed by atoms with Crippen molar-refractivity contribution in [2.24, 2.45) is 0 Å². The lowest BCUT2D eigenvalue weighted by atomic mass is 9.61. The SMILES string of the molecule is Cc1ncc2c(NC3c4cccc5c4C(C)(CCS5)CC3(O)C(F)(F)F)cccc2n1. The molecule has 162 valence electrons. The zero-order valence-electron chi connectivity index (χ0n) is 17.1. The second kappa shape index (κ2) is 6.84. The lowest BCUT2D eigenvalue weighted by molar-refractivity contribution is -0.276. The summed E-state index contributed by atoms with van der Waals surface area (Å²) in [5.41, 5.74) is -1.12. The van der Waals surface area contributed by atoms with Gasteiger partial charge in [-0.15, -0.1) is 11.8 Å². The van der Waals surface area contributed by atoms with E-state index in [-0.39, 0.29) is 6.42 Å². The summed E-state index contributed by atoms with van der Waals surface area (Å²) in [5.74, 6) is 1.32. The van der Waals surface area contributed by atoms with Crippen LogP contribution >= 0.6 is 11.8 Å². The summed E-state index contributed by atoms with van der Waals surface area (Å²) >= 11 is 1.66. The molecule has 0 spiro atoms. The molecule has 3 aromatic rings. The van der Waals surface area contributed by atoms with Gasteiger partial charge in [-0.3, -0.25) is 0 Å². The lowest BCUT2D eigenvalue weighted by Gasteiger charge is -2.52. The van der Waals surface area contributed by atoms with Gasteiger partial charge < -0.3 is 10.4 Å². The number of thioether (sulfide) groups is 1. The number of hydrogen-bond acceptors (Lipinski definition) is 5. The van der Waals surface area contributed by atoms with Crippen molar-refractivity contribution >= 4 is 28.4 Å². The van der Waals surface area contributed by atoms with Crippen molar-refractivity contribution in [1.82, 2.24) is 9.97 Å². The Hall–Kier alpha value is -2.32. The molecule has 3 unspecified atom stereocenters. The van der Waals surface area contributed by atoms with E-state index in [9.17, 15) is 18.3 Å². The summed E-state index contributed by atoms with van der Waals surface area (Å²) in [6, 6.07) is 9.35. The number of hydrogen-bond donors (Lipinski definition) is 2. The molecule has 8 heteroatoms. The van der Waals surface area contributed by atoms with E-state index in [4.69, 9.17) is 0 Å². The standard InChI is InChI=1S/C23H22F3N3OS/c1-13-27-11-15-16(28-13)6-4-7-17(15)29-20-14-5-3-8-18-19(14)21(2,9-10-31-18)12-22(20,30)23(24,25)26/h3-8,11,20,29-30H,9-10,12H2,1-2H3. The van der Waals surface area contributed by atoms with Crippen LogP contribution in [0.3, 0.4) is 0 Å². The first-order chi connectivity index (χ1) is 14.6. The highest BCUT2D eigenvalue weighted by Gasteiger charge is 2.65.